The van der Waals surface area contributed by atoms with E-state index >= 15 is 0 Å². The summed E-state index contributed by atoms with van der Waals surface area (Å²) < 4.78 is 0. The maximum atomic E-state index is 6.29. The van der Waals surface area contributed by atoms with Gasteiger partial charge in [0.1, 0.15) is 0 Å². The van der Waals surface area contributed by atoms with Gasteiger partial charge in [-0.05, 0) is 36.7 Å². The molecule has 2 aromatic rings. The highest BCUT2D eigenvalue weighted by Gasteiger charge is 2.06. The van der Waals surface area contributed by atoms with Gasteiger partial charge in [-0.15, -0.1) is 0 Å². The van der Waals surface area contributed by atoms with Crippen LogP contribution in [0.3, 0.4) is 0 Å². The predicted octanol–water partition coefficient (Wildman–Crippen LogP) is 3.74. The summed E-state index contributed by atoms with van der Waals surface area (Å²) >= 11 is 6.29. The molecule has 0 aliphatic rings. The Balaban J connectivity index is 2.00. The Bertz CT molecular complexity index is 564. The lowest BCUT2D eigenvalue weighted by Gasteiger charge is -2.18. The van der Waals surface area contributed by atoms with Crippen molar-refractivity contribution < 1.29 is 0 Å². The van der Waals surface area contributed by atoms with Gasteiger partial charge in [-0.25, -0.2) is 0 Å². The van der Waals surface area contributed by atoms with Crippen molar-refractivity contribution >= 4 is 11.6 Å². The summed E-state index contributed by atoms with van der Waals surface area (Å²) in [5.41, 5.74) is 10.4. The first-order valence-corrected chi connectivity index (χ1v) is 7.17. The van der Waals surface area contributed by atoms with E-state index < -0.39 is 0 Å². The molecule has 20 heavy (non-hydrogen) atoms. The van der Waals surface area contributed by atoms with Gasteiger partial charge in [0.05, 0.1) is 0 Å². The van der Waals surface area contributed by atoms with Crippen molar-refractivity contribution in [1.82, 2.24) is 4.90 Å². The second-order valence-electron chi connectivity index (χ2n) is 5.29. The summed E-state index contributed by atoms with van der Waals surface area (Å²) in [5, 5.41) is 0.795. The average molecular weight is 289 g/mol. The number of hydrogen-bond donors (Lipinski definition) is 1. The van der Waals surface area contributed by atoms with Crippen molar-refractivity contribution in [2.45, 2.75) is 26.6 Å². The number of halogens is 1. The van der Waals surface area contributed by atoms with Crippen molar-refractivity contribution in [3.8, 4) is 0 Å². The van der Waals surface area contributed by atoms with Gasteiger partial charge in [0.25, 0.3) is 0 Å². The Morgan fingerprint density at radius 2 is 1.65 bits per heavy atom. The number of benzene rings is 2. The summed E-state index contributed by atoms with van der Waals surface area (Å²) in [6, 6.07) is 14.7. The molecule has 0 aromatic heterocycles. The third-order valence-electron chi connectivity index (χ3n) is 3.37. The molecule has 2 N–H and O–H groups in total. The summed E-state index contributed by atoms with van der Waals surface area (Å²) in [7, 11) is 2.10. The van der Waals surface area contributed by atoms with Gasteiger partial charge in [0.2, 0.25) is 0 Å². The van der Waals surface area contributed by atoms with Gasteiger partial charge in [0, 0.05) is 24.7 Å². The van der Waals surface area contributed by atoms with Crippen LogP contribution in [0.2, 0.25) is 5.02 Å². The molecule has 0 saturated heterocycles. The molecule has 0 atom stereocenters. The number of nitrogens with two attached hydrogens (primary N) is 1. The van der Waals surface area contributed by atoms with Gasteiger partial charge in [-0.2, -0.15) is 0 Å². The SMILES string of the molecule is Cc1ccc(CN(C)Cc2ccc(CN)cc2Cl)cc1. The van der Waals surface area contributed by atoms with Gasteiger partial charge in [0.15, 0.2) is 0 Å². The van der Waals surface area contributed by atoms with E-state index in [4.69, 9.17) is 17.3 Å². The maximum Gasteiger partial charge on any atom is 0.0454 e. The maximum absolute atomic E-state index is 6.29. The highest BCUT2D eigenvalue weighted by Crippen LogP contribution is 2.20. The Morgan fingerprint density at radius 3 is 2.25 bits per heavy atom. The van der Waals surface area contributed by atoms with E-state index in [0.717, 1.165) is 29.2 Å². The first-order chi connectivity index (χ1) is 9.58. The van der Waals surface area contributed by atoms with E-state index in [-0.39, 0.29) is 0 Å². The fourth-order valence-electron chi connectivity index (χ4n) is 2.20. The number of rotatable bonds is 5. The molecule has 0 radical (unpaired) electrons. The van der Waals surface area contributed by atoms with Crippen LogP contribution in [0.1, 0.15) is 22.3 Å². The van der Waals surface area contributed by atoms with E-state index in [1.807, 2.05) is 12.1 Å². The largest absolute Gasteiger partial charge is 0.326 e. The van der Waals surface area contributed by atoms with Crippen molar-refractivity contribution in [2.24, 2.45) is 5.73 Å². The predicted molar refractivity (Wildman–Crippen MR) is 85.7 cm³/mol. The summed E-state index contributed by atoms with van der Waals surface area (Å²) in [6.07, 6.45) is 0. The standard InChI is InChI=1S/C17H21ClN2/c1-13-3-5-14(6-4-13)11-20(2)12-16-8-7-15(10-19)9-17(16)18/h3-9H,10-12,19H2,1-2H3. The minimum Gasteiger partial charge on any atom is -0.326 e. The van der Waals surface area contributed by atoms with E-state index in [2.05, 4.69) is 49.2 Å². The van der Waals surface area contributed by atoms with Crippen LogP contribution in [-0.2, 0) is 19.6 Å². The zero-order valence-electron chi connectivity index (χ0n) is 12.1. The molecular weight excluding hydrogens is 268 g/mol. The Hall–Kier alpha value is -1.35. The molecule has 2 aromatic carbocycles. The second kappa shape index (κ2) is 6.89. The average Bonchev–Trinajstić information content (AvgIpc) is 2.43. The smallest absolute Gasteiger partial charge is 0.0454 e. The fourth-order valence-corrected chi connectivity index (χ4v) is 2.46. The van der Waals surface area contributed by atoms with Gasteiger partial charge in [-0.3, -0.25) is 4.90 Å². The molecule has 0 heterocycles. The third kappa shape index (κ3) is 4.07. The van der Waals surface area contributed by atoms with Gasteiger partial charge < -0.3 is 5.73 Å². The number of hydrogen-bond acceptors (Lipinski definition) is 2. The first kappa shape index (κ1) is 15.0. The molecule has 2 nitrogen and oxygen atoms in total. The van der Waals surface area contributed by atoms with Crippen LogP contribution in [0.4, 0.5) is 0 Å². The normalized spacial score (nSPS) is 11.1. The van der Waals surface area contributed by atoms with Crippen molar-refractivity contribution in [1.29, 1.82) is 0 Å². The first-order valence-electron chi connectivity index (χ1n) is 6.80. The molecule has 0 saturated carbocycles. The van der Waals surface area contributed by atoms with Crippen LogP contribution >= 0.6 is 11.6 Å². The Morgan fingerprint density at radius 1 is 1.00 bits per heavy atom. The molecule has 0 fully saturated rings. The van der Waals surface area contributed by atoms with Crippen LogP contribution < -0.4 is 5.73 Å². The molecule has 0 aliphatic heterocycles. The lowest BCUT2D eigenvalue weighted by molar-refractivity contribution is 0.319. The zero-order valence-corrected chi connectivity index (χ0v) is 12.8. The lowest BCUT2D eigenvalue weighted by atomic mass is 10.1. The fraction of sp³-hybridized carbons (Fsp3) is 0.294. The van der Waals surface area contributed by atoms with E-state index in [0.29, 0.717) is 6.54 Å². The van der Waals surface area contributed by atoms with Crippen LogP contribution in [0.15, 0.2) is 42.5 Å². The van der Waals surface area contributed by atoms with Crippen molar-refractivity contribution in [2.75, 3.05) is 7.05 Å². The quantitative estimate of drug-likeness (QED) is 0.908. The molecule has 2 rings (SSSR count). The van der Waals surface area contributed by atoms with E-state index in [9.17, 15) is 0 Å². The molecule has 0 spiro atoms. The summed E-state index contributed by atoms with van der Waals surface area (Å²) in [6.45, 7) is 4.37. The van der Waals surface area contributed by atoms with E-state index in [1.165, 1.54) is 11.1 Å². The third-order valence-corrected chi connectivity index (χ3v) is 3.72. The summed E-state index contributed by atoms with van der Waals surface area (Å²) in [5.74, 6) is 0. The Labute approximate surface area is 126 Å². The molecule has 3 heteroatoms. The van der Waals surface area contributed by atoms with Gasteiger partial charge in [-0.1, -0.05) is 53.6 Å². The molecule has 106 valence electrons. The molecule has 0 amide bonds. The minimum atomic E-state index is 0.527. The Kier molecular flexibility index (Phi) is 5.18. The minimum absolute atomic E-state index is 0.527. The molecule has 0 bridgehead atoms. The van der Waals surface area contributed by atoms with Crippen LogP contribution in [0.5, 0.6) is 0 Å². The highest BCUT2D eigenvalue weighted by atomic mass is 35.5. The lowest BCUT2D eigenvalue weighted by Crippen LogP contribution is -2.17. The zero-order chi connectivity index (χ0) is 14.5. The second-order valence-corrected chi connectivity index (χ2v) is 5.69. The topological polar surface area (TPSA) is 29.3 Å². The number of nitrogens with zero attached hydrogens (tertiary/aromatic N) is 1. The van der Waals surface area contributed by atoms with Crippen molar-refractivity contribution in [3.63, 3.8) is 0 Å². The van der Waals surface area contributed by atoms with Crippen LogP contribution in [-0.4, -0.2) is 11.9 Å². The van der Waals surface area contributed by atoms with Gasteiger partial charge >= 0.3 is 0 Å². The molecular formula is C17H21ClN2. The monoisotopic (exact) mass is 288 g/mol. The van der Waals surface area contributed by atoms with E-state index in [1.54, 1.807) is 0 Å². The van der Waals surface area contributed by atoms with Crippen molar-refractivity contribution in [3.05, 3.63) is 69.7 Å². The van der Waals surface area contributed by atoms with Crippen LogP contribution in [0.25, 0.3) is 0 Å². The van der Waals surface area contributed by atoms with Crippen LogP contribution in [0, 0.1) is 6.92 Å². The molecule has 0 aliphatic carbocycles. The number of aryl methyl sites for hydroxylation is 1. The summed E-state index contributed by atoms with van der Waals surface area (Å²) in [4.78, 5) is 2.26. The highest BCUT2D eigenvalue weighted by molar-refractivity contribution is 6.31. The molecule has 0 unspecified atom stereocenters.